The SMILES string of the molecule is CCCC/C=C/[C@@H]1C[C@H]1CO. The standard InChI is InChI=1S/C10H18O/c1-2-3-4-5-6-9-7-10(9)8-11/h5-6,9-11H,2-4,7-8H2,1H3/b6-5+/t9-,10+/m1/s1. The molecule has 1 nitrogen and oxygen atoms in total. The van der Waals surface area contributed by atoms with Gasteiger partial charge in [0.05, 0.1) is 0 Å². The number of hydrogen-bond acceptors (Lipinski definition) is 1. The van der Waals surface area contributed by atoms with E-state index in [0.29, 0.717) is 18.4 Å². The van der Waals surface area contributed by atoms with E-state index in [-0.39, 0.29) is 0 Å². The maximum atomic E-state index is 8.75. The fourth-order valence-electron chi connectivity index (χ4n) is 1.31. The van der Waals surface area contributed by atoms with Crippen molar-refractivity contribution in [1.29, 1.82) is 0 Å². The van der Waals surface area contributed by atoms with Gasteiger partial charge in [-0.05, 0) is 24.7 Å². The minimum Gasteiger partial charge on any atom is -0.396 e. The Kier molecular flexibility index (Phi) is 3.64. The van der Waals surface area contributed by atoms with Crippen molar-refractivity contribution >= 4 is 0 Å². The van der Waals surface area contributed by atoms with Crippen molar-refractivity contribution in [2.45, 2.75) is 32.6 Å². The Morgan fingerprint density at radius 1 is 1.55 bits per heavy atom. The number of hydrogen-bond donors (Lipinski definition) is 1. The third-order valence-electron chi connectivity index (χ3n) is 2.32. The van der Waals surface area contributed by atoms with Gasteiger partial charge in [0.25, 0.3) is 0 Å². The molecule has 0 radical (unpaired) electrons. The van der Waals surface area contributed by atoms with E-state index in [2.05, 4.69) is 19.1 Å². The number of unbranched alkanes of at least 4 members (excludes halogenated alkanes) is 2. The zero-order valence-corrected chi connectivity index (χ0v) is 7.29. The summed E-state index contributed by atoms with van der Waals surface area (Å²) >= 11 is 0. The summed E-state index contributed by atoms with van der Waals surface area (Å²) in [5, 5.41) is 8.75. The molecule has 0 aromatic heterocycles. The molecular weight excluding hydrogens is 136 g/mol. The largest absolute Gasteiger partial charge is 0.396 e. The second-order valence-corrected chi connectivity index (χ2v) is 3.41. The summed E-state index contributed by atoms with van der Waals surface area (Å²) in [7, 11) is 0. The Morgan fingerprint density at radius 2 is 2.36 bits per heavy atom. The molecule has 0 spiro atoms. The minimum absolute atomic E-state index is 0.378. The van der Waals surface area contributed by atoms with Gasteiger partial charge in [0.1, 0.15) is 0 Å². The van der Waals surface area contributed by atoms with Crippen LogP contribution in [-0.2, 0) is 0 Å². The van der Waals surface area contributed by atoms with Gasteiger partial charge >= 0.3 is 0 Å². The van der Waals surface area contributed by atoms with Crippen molar-refractivity contribution in [2.75, 3.05) is 6.61 Å². The van der Waals surface area contributed by atoms with Gasteiger partial charge in [0, 0.05) is 6.61 Å². The third-order valence-corrected chi connectivity index (χ3v) is 2.32. The molecular formula is C10H18O. The average Bonchev–Trinajstić information content (AvgIpc) is 2.77. The zero-order valence-electron chi connectivity index (χ0n) is 7.29. The molecule has 0 heterocycles. The van der Waals surface area contributed by atoms with E-state index in [1.54, 1.807) is 0 Å². The van der Waals surface area contributed by atoms with Gasteiger partial charge in [-0.15, -0.1) is 0 Å². The lowest BCUT2D eigenvalue weighted by molar-refractivity contribution is 0.272. The quantitative estimate of drug-likeness (QED) is 0.476. The molecule has 0 aromatic carbocycles. The van der Waals surface area contributed by atoms with Gasteiger partial charge in [-0.1, -0.05) is 31.9 Å². The van der Waals surface area contributed by atoms with E-state index in [1.165, 1.54) is 25.7 Å². The van der Waals surface area contributed by atoms with Crippen LogP contribution in [0.25, 0.3) is 0 Å². The van der Waals surface area contributed by atoms with Crippen LogP contribution in [0.15, 0.2) is 12.2 Å². The first kappa shape index (κ1) is 8.79. The summed E-state index contributed by atoms with van der Waals surface area (Å²) in [6.07, 6.45) is 9.54. The highest BCUT2D eigenvalue weighted by Gasteiger charge is 2.33. The molecule has 0 unspecified atom stereocenters. The smallest absolute Gasteiger partial charge is 0.0465 e. The van der Waals surface area contributed by atoms with Crippen molar-refractivity contribution in [3.05, 3.63) is 12.2 Å². The maximum absolute atomic E-state index is 8.75. The van der Waals surface area contributed by atoms with E-state index < -0.39 is 0 Å². The molecule has 1 fully saturated rings. The summed E-state index contributed by atoms with van der Waals surface area (Å²) in [5.41, 5.74) is 0. The third kappa shape index (κ3) is 3.06. The van der Waals surface area contributed by atoms with E-state index in [1.807, 2.05) is 0 Å². The lowest BCUT2D eigenvalue weighted by Gasteiger charge is -1.88. The summed E-state index contributed by atoms with van der Waals surface area (Å²) in [5.74, 6) is 1.30. The molecule has 0 aliphatic heterocycles. The lowest BCUT2D eigenvalue weighted by Crippen LogP contribution is -1.85. The van der Waals surface area contributed by atoms with E-state index in [9.17, 15) is 0 Å². The Balaban J connectivity index is 1.98. The highest BCUT2D eigenvalue weighted by Crippen LogP contribution is 2.38. The molecule has 1 aliphatic rings. The summed E-state index contributed by atoms with van der Waals surface area (Å²) in [6, 6.07) is 0. The fraction of sp³-hybridized carbons (Fsp3) is 0.800. The van der Waals surface area contributed by atoms with Crippen LogP contribution in [-0.4, -0.2) is 11.7 Å². The molecule has 0 amide bonds. The molecule has 64 valence electrons. The first-order valence-corrected chi connectivity index (χ1v) is 4.66. The predicted molar refractivity (Wildman–Crippen MR) is 47.3 cm³/mol. The second-order valence-electron chi connectivity index (χ2n) is 3.41. The van der Waals surface area contributed by atoms with Crippen molar-refractivity contribution in [2.24, 2.45) is 11.8 Å². The number of allylic oxidation sites excluding steroid dienone is 2. The molecule has 0 saturated heterocycles. The van der Waals surface area contributed by atoms with Gasteiger partial charge in [0.15, 0.2) is 0 Å². The topological polar surface area (TPSA) is 20.2 Å². The molecule has 1 saturated carbocycles. The molecule has 1 aliphatic carbocycles. The average molecular weight is 154 g/mol. The van der Waals surface area contributed by atoms with Crippen LogP contribution in [0, 0.1) is 11.8 Å². The van der Waals surface area contributed by atoms with Crippen LogP contribution in [0.4, 0.5) is 0 Å². The molecule has 0 bridgehead atoms. The minimum atomic E-state index is 0.378. The van der Waals surface area contributed by atoms with Crippen LogP contribution >= 0.6 is 0 Å². The number of rotatable bonds is 5. The van der Waals surface area contributed by atoms with Crippen molar-refractivity contribution < 1.29 is 5.11 Å². The first-order chi connectivity index (χ1) is 5.38. The van der Waals surface area contributed by atoms with E-state index in [0.717, 1.165) is 0 Å². The van der Waals surface area contributed by atoms with Crippen LogP contribution in [0.5, 0.6) is 0 Å². The summed E-state index contributed by atoms with van der Waals surface area (Å²) in [6.45, 7) is 2.59. The normalized spacial score (nSPS) is 29.6. The van der Waals surface area contributed by atoms with Crippen LogP contribution < -0.4 is 0 Å². The molecule has 1 N–H and O–H groups in total. The summed E-state index contributed by atoms with van der Waals surface area (Å²) in [4.78, 5) is 0. The van der Waals surface area contributed by atoms with Gasteiger partial charge in [-0.2, -0.15) is 0 Å². The monoisotopic (exact) mass is 154 g/mol. The van der Waals surface area contributed by atoms with Gasteiger partial charge in [0.2, 0.25) is 0 Å². The first-order valence-electron chi connectivity index (χ1n) is 4.66. The van der Waals surface area contributed by atoms with Gasteiger partial charge < -0.3 is 5.11 Å². The molecule has 1 rings (SSSR count). The molecule has 2 atom stereocenters. The molecule has 11 heavy (non-hydrogen) atoms. The van der Waals surface area contributed by atoms with Crippen molar-refractivity contribution in [3.8, 4) is 0 Å². The molecule has 1 heteroatoms. The van der Waals surface area contributed by atoms with Gasteiger partial charge in [-0.25, -0.2) is 0 Å². The van der Waals surface area contributed by atoms with Gasteiger partial charge in [-0.3, -0.25) is 0 Å². The Hall–Kier alpha value is -0.300. The predicted octanol–water partition coefficient (Wildman–Crippen LogP) is 2.36. The Labute approximate surface area is 69.1 Å². The second kappa shape index (κ2) is 4.55. The fourth-order valence-corrected chi connectivity index (χ4v) is 1.31. The van der Waals surface area contributed by atoms with Crippen LogP contribution in [0.1, 0.15) is 32.6 Å². The van der Waals surface area contributed by atoms with Crippen LogP contribution in [0.2, 0.25) is 0 Å². The van der Waals surface area contributed by atoms with Crippen LogP contribution in [0.3, 0.4) is 0 Å². The number of aliphatic hydroxyl groups excluding tert-OH is 1. The van der Waals surface area contributed by atoms with Crippen molar-refractivity contribution in [3.63, 3.8) is 0 Å². The Bertz CT molecular complexity index is 129. The highest BCUT2D eigenvalue weighted by molar-refractivity contribution is 5.01. The zero-order chi connectivity index (χ0) is 8.10. The van der Waals surface area contributed by atoms with Crippen molar-refractivity contribution in [1.82, 2.24) is 0 Å². The van der Waals surface area contributed by atoms with E-state index in [4.69, 9.17) is 5.11 Å². The Morgan fingerprint density at radius 3 is 2.91 bits per heavy atom. The highest BCUT2D eigenvalue weighted by atomic mass is 16.3. The van der Waals surface area contributed by atoms with E-state index >= 15 is 0 Å². The summed E-state index contributed by atoms with van der Waals surface area (Å²) < 4.78 is 0. The lowest BCUT2D eigenvalue weighted by atomic mass is 10.2. The maximum Gasteiger partial charge on any atom is 0.0465 e. The molecule has 0 aromatic rings. The number of aliphatic hydroxyl groups is 1.